The third-order valence-corrected chi connectivity index (χ3v) is 5.42. The van der Waals surface area contributed by atoms with E-state index >= 15 is 0 Å². The molecule has 20 heavy (non-hydrogen) atoms. The van der Waals surface area contributed by atoms with E-state index in [1.165, 1.54) is 24.9 Å². The number of aliphatic hydroxyl groups is 1. The number of ether oxygens (including phenoxy) is 1. The van der Waals surface area contributed by atoms with E-state index in [1.807, 2.05) is 6.07 Å². The highest BCUT2D eigenvalue weighted by atomic mass is 16.5. The maximum atomic E-state index is 10.2. The zero-order valence-electron chi connectivity index (χ0n) is 11.9. The lowest BCUT2D eigenvalue weighted by Gasteiger charge is -2.51. The molecule has 1 N–H and O–H groups in total. The van der Waals surface area contributed by atoms with Crippen molar-refractivity contribution in [2.75, 3.05) is 18.1 Å². The number of anilines is 1. The van der Waals surface area contributed by atoms with E-state index in [4.69, 9.17) is 4.74 Å². The van der Waals surface area contributed by atoms with Crippen molar-refractivity contribution in [3.63, 3.8) is 0 Å². The monoisotopic (exact) mass is 273 g/mol. The zero-order valence-corrected chi connectivity index (χ0v) is 11.9. The number of rotatable bonds is 1. The van der Waals surface area contributed by atoms with Gasteiger partial charge in [-0.3, -0.25) is 0 Å². The molecule has 1 saturated heterocycles. The Morgan fingerprint density at radius 3 is 2.85 bits per heavy atom. The molecule has 1 aromatic carbocycles. The molecule has 108 valence electrons. The number of nitrogens with zero attached hydrogens (tertiary/aromatic N) is 1. The Kier molecular flexibility index (Phi) is 3.00. The molecule has 2 heterocycles. The zero-order chi connectivity index (χ0) is 13.6. The van der Waals surface area contributed by atoms with Gasteiger partial charge < -0.3 is 14.7 Å². The first-order valence-electron chi connectivity index (χ1n) is 7.95. The Morgan fingerprint density at radius 2 is 2.05 bits per heavy atom. The quantitative estimate of drug-likeness (QED) is 0.853. The van der Waals surface area contributed by atoms with Crippen LogP contribution in [0.4, 0.5) is 5.69 Å². The van der Waals surface area contributed by atoms with Crippen molar-refractivity contribution >= 4 is 5.69 Å². The molecular weight excluding hydrogens is 250 g/mol. The van der Waals surface area contributed by atoms with Crippen LogP contribution < -0.4 is 4.90 Å². The lowest BCUT2D eigenvalue weighted by molar-refractivity contribution is -0.133. The van der Waals surface area contributed by atoms with Crippen LogP contribution in [-0.2, 0) is 4.74 Å². The van der Waals surface area contributed by atoms with Gasteiger partial charge in [0.15, 0.2) is 0 Å². The lowest BCUT2D eigenvalue weighted by Crippen LogP contribution is -2.53. The molecule has 3 heteroatoms. The Balaban J connectivity index is 1.61. The summed E-state index contributed by atoms with van der Waals surface area (Å²) >= 11 is 0. The van der Waals surface area contributed by atoms with Crippen LogP contribution in [0.15, 0.2) is 24.3 Å². The van der Waals surface area contributed by atoms with Crippen molar-refractivity contribution in [1.82, 2.24) is 0 Å². The van der Waals surface area contributed by atoms with Crippen molar-refractivity contribution < 1.29 is 9.84 Å². The number of hydrogen-bond donors (Lipinski definition) is 1. The van der Waals surface area contributed by atoms with Gasteiger partial charge in [-0.15, -0.1) is 0 Å². The molecular formula is C17H23NO2. The van der Waals surface area contributed by atoms with Crippen LogP contribution in [0.3, 0.4) is 0 Å². The summed E-state index contributed by atoms with van der Waals surface area (Å²) in [6.07, 6.45) is 6.64. The van der Waals surface area contributed by atoms with Crippen LogP contribution in [0.1, 0.15) is 50.2 Å². The predicted molar refractivity (Wildman–Crippen MR) is 78.9 cm³/mol. The van der Waals surface area contributed by atoms with Gasteiger partial charge in [-0.25, -0.2) is 0 Å². The molecule has 2 atom stereocenters. The van der Waals surface area contributed by atoms with E-state index in [0.717, 1.165) is 38.0 Å². The molecule has 2 fully saturated rings. The third kappa shape index (κ3) is 1.95. The Hall–Kier alpha value is -1.06. The van der Waals surface area contributed by atoms with Gasteiger partial charge in [0, 0.05) is 30.4 Å². The SMILES string of the molecule is OC1CCN(C2CCOC3(CCC3)C2)c2ccccc21. The summed E-state index contributed by atoms with van der Waals surface area (Å²) in [6, 6.07) is 8.94. The second-order valence-electron chi connectivity index (χ2n) is 6.59. The third-order valence-electron chi connectivity index (χ3n) is 5.42. The first-order chi connectivity index (χ1) is 9.77. The van der Waals surface area contributed by atoms with Crippen molar-refractivity contribution in [1.29, 1.82) is 0 Å². The van der Waals surface area contributed by atoms with Gasteiger partial charge in [0.1, 0.15) is 0 Å². The summed E-state index contributed by atoms with van der Waals surface area (Å²) in [5, 5.41) is 10.2. The molecule has 2 unspecified atom stereocenters. The molecule has 0 amide bonds. The lowest BCUT2D eigenvalue weighted by atomic mass is 9.73. The molecule has 3 aliphatic rings. The van der Waals surface area contributed by atoms with Gasteiger partial charge in [0.05, 0.1) is 11.7 Å². The molecule has 0 radical (unpaired) electrons. The molecule has 2 aliphatic heterocycles. The summed E-state index contributed by atoms with van der Waals surface area (Å²) in [4.78, 5) is 2.53. The highest BCUT2D eigenvalue weighted by Crippen LogP contribution is 2.45. The normalized spacial score (nSPS) is 31.8. The highest BCUT2D eigenvalue weighted by molar-refractivity contribution is 5.57. The van der Waals surface area contributed by atoms with Crippen molar-refractivity contribution in [3.8, 4) is 0 Å². The second-order valence-corrected chi connectivity index (χ2v) is 6.59. The fourth-order valence-electron chi connectivity index (χ4n) is 4.13. The van der Waals surface area contributed by atoms with Crippen LogP contribution in [0.5, 0.6) is 0 Å². The second kappa shape index (κ2) is 4.74. The van der Waals surface area contributed by atoms with Crippen molar-refractivity contribution in [3.05, 3.63) is 29.8 Å². The summed E-state index contributed by atoms with van der Waals surface area (Å²) in [7, 11) is 0. The minimum atomic E-state index is -0.292. The van der Waals surface area contributed by atoms with E-state index < -0.39 is 0 Å². The largest absolute Gasteiger partial charge is 0.388 e. The predicted octanol–water partition coefficient (Wildman–Crippen LogP) is 3.03. The fourth-order valence-corrected chi connectivity index (χ4v) is 4.13. The van der Waals surface area contributed by atoms with Crippen LogP contribution in [0, 0.1) is 0 Å². The topological polar surface area (TPSA) is 32.7 Å². The average molecular weight is 273 g/mol. The minimum Gasteiger partial charge on any atom is -0.388 e. The van der Waals surface area contributed by atoms with Crippen LogP contribution >= 0.6 is 0 Å². The van der Waals surface area contributed by atoms with Gasteiger partial charge in [-0.05, 0) is 44.6 Å². The van der Waals surface area contributed by atoms with Gasteiger partial charge >= 0.3 is 0 Å². The molecule has 4 rings (SSSR count). The van der Waals surface area contributed by atoms with E-state index in [-0.39, 0.29) is 11.7 Å². The molecule has 3 nitrogen and oxygen atoms in total. The molecule has 0 bridgehead atoms. The van der Waals surface area contributed by atoms with E-state index in [0.29, 0.717) is 6.04 Å². The van der Waals surface area contributed by atoms with Gasteiger partial charge in [0.25, 0.3) is 0 Å². The smallest absolute Gasteiger partial charge is 0.0826 e. The fraction of sp³-hybridized carbons (Fsp3) is 0.647. The molecule has 1 spiro atoms. The average Bonchev–Trinajstić information content (AvgIpc) is 2.46. The number of aliphatic hydroxyl groups excluding tert-OH is 1. The van der Waals surface area contributed by atoms with Gasteiger partial charge in [0.2, 0.25) is 0 Å². The minimum absolute atomic E-state index is 0.188. The van der Waals surface area contributed by atoms with Crippen molar-refractivity contribution in [2.45, 2.75) is 56.3 Å². The Labute approximate surface area is 120 Å². The Bertz CT molecular complexity index is 498. The molecule has 1 aliphatic carbocycles. The van der Waals surface area contributed by atoms with Crippen molar-refractivity contribution in [2.24, 2.45) is 0 Å². The molecule has 0 aromatic heterocycles. The first-order valence-corrected chi connectivity index (χ1v) is 7.95. The summed E-state index contributed by atoms with van der Waals surface area (Å²) in [5.41, 5.74) is 2.54. The summed E-state index contributed by atoms with van der Waals surface area (Å²) < 4.78 is 6.06. The maximum absolute atomic E-state index is 10.2. The van der Waals surface area contributed by atoms with Crippen LogP contribution in [0.25, 0.3) is 0 Å². The number of para-hydroxylation sites is 1. The Morgan fingerprint density at radius 1 is 1.20 bits per heavy atom. The van der Waals surface area contributed by atoms with Gasteiger partial charge in [-0.2, -0.15) is 0 Å². The van der Waals surface area contributed by atoms with Crippen LogP contribution in [0.2, 0.25) is 0 Å². The summed E-state index contributed by atoms with van der Waals surface area (Å²) in [6.45, 7) is 1.87. The molecule has 1 saturated carbocycles. The van der Waals surface area contributed by atoms with Gasteiger partial charge in [-0.1, -0.05) is 18.2 Å². The first kappa shape index (κ1) is 12.7. The number of hydrogen-bond acceptors (Lipinski definition) is 3. The number of fused-ring (bicyclic) bond motifs is 1. The van der Waals surface area contributed by atoms with E-state index in [9.17, 15) is 5.11 Å². The van der Waals surface area contributed by atoms with E-state index in [2.05, 4.69) is 23.1 Å². The summed E-state index contributed by atoms with van der Waals surface area (Å²) in [5.74, 6) is 0. The standard InChI is InChI=1S/C17H23NO2/c19-16-6-10-18(15-5-2-1-4-14(15)16)13-7-11-20-17(12-13)8-3-9-17/h1-2,4-5,13,16,19H,3,6-12H2. The van der Waals surface area contributed by atoms with Crippen LogP contribution in [-0.4, -0.2) is 29.9 Å². The van der Waals surface area contributed by atoms with E-state index in [1.54, 1.807) is 0 Å². The molecule has 1 aromatic rings. The maximum Gasteiger partial charge on any atom is 0.0826 e. The highest BCUT2D eigenvalue weighted by Gasteiger charge is 2.44. The number of benzene rings is 1.